The summed E-state index contributed by atoms with van der Waals surface area (Å²) in [5.41, 5.74) is 1.21. The standard InChI is InChI=1S/C16H21N3O2/c1-18(2)12-15-6-3-7-19(15)16(21)14-9-13(5-4-8-20)10-17-11-14/h9-11,15,20H,3,6-8,12H2,1-2H3. The van der Waals surface area contributed by atoms with Gasteiger partial charge in [0, 0.05) is 37.1 Å². The Kier molecular flexibility index (Phi) is 5.32. The average molecular weight is 287 g/mol. The SMILES string of the molecule is CN(C)CC1CCCN1C(=O)c1cncc(C#CCO)c1. The van der Waals surface area contributed by atoms with Crippen LogP contribution in [0.3, 0.4) is 0 Å². The Morgan fingerprint density at radius 1 is 1.52 bits per heavy atom. The third-order valence-corrected chi connectivity index (χ3v) is 3.51. The van der Waals surface area contributed by atoms with Gasteiger partial charge >= 0.3 is 0 Å². The Morgan fingerprint density at radius 3 is 3.05 bits per heavy atom. The number of likely N-dealkylation sites (tertiary alicyclic amines) is 1. The molecule has 1 unspecified atom stereocenters. The molecule has 1 N–H and O–H groups in total. The molecule has 5 nitrogen and oxygen atoms in total. The van der Waals surface area contributed by atoms with Gasteiger partial charge in [0.1, 0.15) is 6.61 Å². The van der Waals surface area contributed by atoms with E-state index in [1.54, 1.807) is 18.5 Å². The number of amides is 1. The molecule has 0 aromatic carbocycles. The molecule has 2 rings (SSSR count). The number of aliphatic hydroxyl groups is 1. The van der Waals surface area contributed by atoms with Crippen LogP contribution in [0.5, 0.6) is 0 Å². The van der Waals surface area contributed by atoms with E-state index in [1.165, 1.54) is 0 Å². The first-order valence-corrected chi connectivity index (χ1v) is 7.12. The van der Waals surface area contributed by atoms with E-state index in [-0.39, 0.29) is 18.6 Å². The van der Waals surface area contributed by atoms with Crippen molar-refractivity contribution in [2.75, 3.05) is 33.8 Å². The minimum atomic E-state index is -0.199. The maximum Gasteiger partial charge on any atom is 0.255 e. The van der Waals surface area contributed by atoms with E-state index in [9.17, 15) is 4.79 Å². The van der Waals surface area contributed by atoms with Crippen LogP contribution in [0.25, 0.3) is 0 Å². The van der Waals surface area contributed by atoms with E-state index in [0.717, 1.165) is 25.9 Å². The van der Waals surface area contributed by atoms with Crippen molar-refractivity contribution in [3.05, 3.63) is 29.6 Å². The normalized spacial score (nSPS) is 17.7. The number of carbonyl (C=O) groups is 1. The highest BCUT2D eigenvalue weighted by molar-refractivity contribution is 5.94. The summed E-state index contributed by atoms with van der Waals surface area (Å²) in [6.07, 6.45) is 5.27. The minimum Gasteiger partial charge on any atom is -0.384 e. The first kappa shape index (κ1) is 15.5. The van der Waals surface area contributed by atoms with Crippen LogP contribution in [0.4, 0.5) is 0 Å². The lowest BCUT2D eigenvalue weighted by molar-refractivity contribution is 0.0716. The smallest absolute Gasteiger partial charge is 0.255 e. The van der Waals surface area contributed by atoms with Gasteiger partial charge in [-0.05, 0) is 33.0 Å². The number of hydrogen-bond acceptors (Lipinski definition) is 4. The molecule has 0 radical (unpaired) electrons. The first-order valence-electron chi connectivity index (χ1n) is 7.12. The van der Waals surface area contributed by atoms with Crippen molar-refractivity contribution in [1.29, 1.82) is 0 Å². The highest BCUT2D eigenvalue weighted by Crippen LogP contribution is 2.20. The van der Waals surface area contributed by atoms with Gasteiger partial charge in [-0.15, -0.1) is 0 Å². The van der Waals surface area contributed by atoms with Crippen LogP contribution < -0.4 is 0 Å². The number of carbonyl (C=O) groups excluding carboxylic acids is 1. The average Bonchev–Trinajstić information content (AvgIpc) is 2.92. The first-order chi connectivity index (χ1) is 10.1. The van der Waals surface area contributed by atoms with Crippen molar-refractivity contribution >= 4 is 5.91 Å². The van der Waals surface area contributed by atoms with E-state index in [2.05, 4.69) is 21.7 Å². The summed E-state index contributed by atoms with van der Waals surface area (Å²) in [5.74, 6) is 5.36. The third-order valence-electron chi connectivity index (χ3n) is 3.51. The largest absolute Gasteiger partial charge is 0.384 e. The van der Waals surface area contributed by atoms with Crippen LogP contribution in [0, 0.1) is 11.8 Å². The molecule has 21 heavy (non-hydrogen) atoms. The molecule has 1 amide bonds. The lowest BCUT2D eigenvalue weighted by Gasteiger charge is -2.27. The second-order valence-electron chi connectivity index (χ2n) is 5.48. The zero-order valence-electron chi connectivity index (χ0n) is 12.5. The Balaban J connectivity index is 2.15. The molecule has 2 heterocycles. The van der Waals surface area contributed by atoms with Gasteiger partial charge in [-0.2, -0.15) is 0 Å². The quantitative estimate of drug-likeness (QED) is 0.827. The van der Waals surface area contributed by atoms with Crippen molar-refractivity contribution < 1.29 is 9.90 Å². The fourth-order valence-corrected chi connectivity index (χ4v) is 2.65. The summed E-state index contributed by atoms with van der Waals surface area (Å²) in [4.78, 5) is 20.7. The van der Waals surface area contributed by atoms with E-state index in [0.29, 0.717) is 11.1 Å². The van der Waals surface area contributed by atoms with Gasteiger partial charge in [0.25, 0.3) is 5.91 Å². The van der Waals surface area contributed by atoms with Gasteiger partial charge in [0.2, 0.25) is 0 Å². The molecule has 1 atom stereocenters. The molecule has 1 aliphatic heterocycles. The zero-order chi connectivity index (χ0) is 15.2. The van der Waals surface area contributed by atoms with Crippen LogP contribution in [-0.2, 0) is 0 Å². The lowest BCUT2D eigenvalue weighted by atomic mass is 10.1. The molecule has 0 bridgehead atoms. The summed E-state index contributed by atoms with van der Waals surface area (Å²) in [6, 6.07) is 2.00. The van der Waals surface area contributed by atoms with Crippen molar-refractivity contribution in [2.45, 2.75) is 18.9 Å². The summed E-state index contributed by atoms with van der Waals surface area (Å²) < 4.78 is 0. The van der Waals surface area contributed by atoms with Gasteiger partial charge in [-0.25, -0.2) is 0 Å². The van der Waals surface area contributed by atoms with E-state index >= 15 is 0 Å². The van der Waals surface area contributed by atoms with Gasteiger partial charge in [-0.1, -0.05) is 11.8 Å². The monoisotopic (exact) mass is 287 g/mol. The zero-order valence-corrected chi connectivity index (χ0v) is 12.5. The third kappa shape index (κ3) is 4.03. The van der Waals surface area contributed by atoms with Crippen molar-refractivity contribution in [3.8, 4) is 11.8 Å². The number of hydrogen-bond donors (Lipinski definition) is 1. The fraction of sp³-hybridized carbons (Fsp3) is 0.500. The Morgan fingerprint density at radius 2 is 2.33 bits per heavy atom. The Labute approximate surface area is 125 Å². The van der Waals surface area contributed by atoms with Gasteiger partial charge in [0.15, 0.2) is 0 Å². The molecular weight excluding hydrogens is 266 g/mol. The summed E-state index contributed by atoms with van der Waals surface area (Å²) in [5, 5.41) is 8.72. The summed E-state index contributed by atoms with van der Waals surface area (Å²) in [7, 11) is 4.04. The molecule has 112 valence electrons. The van der Waals surface area contributed by atoms with Crippen LogP contribution in [0.15, 0.2) is 18.5 Å². The lowest BCUT2D eigenvalue weighted by Crippen LogP contribution is -2.41. The molecule has 1 aromatic heterocycles. The molecule has 0 spiro atoms. The second kappa shape index (κ2) is 7.21. The van der Waals surface area contributed by atoms with Crippen molar-refractivity contribution in [3.63, 3.8) is 0 Å². The van der Waals surface area contributed by atoms with E-state index in [4.69, 9.17) is 5.11 Å². The second-order valence-corrected chi connectivity index (χ2v) is 5.48. The van der Waals surface area contributed by atoms with Crippen LogP contribution in [0.1, 0.15) is 28.8 Å². The van der Waals surface area contributed by atoms with Crippen LogP contribution >= 0.6 is 0 Å². The van der Waals surface area contributed by atoms with Crippen LogP contribution in [-0.4, -0.2) is 65.6 Å². The number of nitrogens with zero attached hydrogens (tertiary/aromatic N) is 3. The molecule has 0 saturated carbocycles. The van der Waals surface area contributed by atoms with E-state index < -0.39 is 0 Å². The molecule has 1 fully saturated rings. The molecule has 1 saturated heterocycles. The summed E-state index contributed by atoms with van der Waals surface area (Å²) in [6.45, 7) is 1.47. The molecule has 0 aliphatic carbocycles. The number of aliphatic hydroxyl groups excluding tert-OH is 1. The molecule has 5 heteroatoms. The topological polar surface area (TPSA) is 56.7 Å². The predicted octanol–water partition coefficient (Wildman–Crippen LogP) is 0.592. The van der Waals surface area contributed by atoms with Gasteiger partial charge in [-0.3, -0.25) is 9.78 Å². The number of aromatic nitrogens is 1. The predicted molar refractivity (Wildman–Crippen MR) is 80.8 cm³/mol. The maximum absolute atomic E-state index is 12.6. The number of likely N-dealkylation sites (N-methyl/N-ethyl adjacent to an activating group) is 1. The van der Waals surface area contributed by atoms with Crippen molar-refractivity contribution in [1.82, 2.24) is 14.8 Å². The minimum absolute atomic E-state index is 0.0134. The van der Waals surface area contributed by atoms with E-state index in [1.807, 2.05) is 19.0 Å². The molecule has 1 aliphatic rings. The maximum atomic E-state index is 12.6. The van der Waals surface area contributed by atoms with Crippen molar-refractivity contribution in [2.24, 2.45) is 0 Å². The van der Waals surface area contributed by atoms with Gasteiger partial charge in [0.05, 0.1) is 5.56 Å². The van der Waals surface area contributed by atoms with Gasteiger partial charge < -0.3 is 14.9 Å². The fourth-order valence-electron chi connectivity index (χ4n) is 2.65. The number of pyridine rings is 1. The Hall–Kier alpha value is -1.90. The Bertz CT molecular complexity index is 560. The summed E-state index contributed by atoms with van der Waals surface area (Å²) >= 11 is 0. The highest BCUT2D eigenvalue weighted by Gasteiger charge is 2.29. The molecule has 1 aromatic rings. The molecular formula is C16H21N3O2. The van der Waals surface area contributed by atoms with Crippen LogP contribution in [0.2, 0.25) is 0 Å². The number of rotatable bonds is 3. The highest BCUT2D eigenvalue weighted by atomic mass is 16.2.